The minimum Gasteiger partial charge on any atom is -0.354 e. The summed E-state index contributed by atoms with van der Waals surface area (Å²) in [6.45, 7) is 0.816. The number of nitrogens with zero attached hydrogens (tertiary/aromatic N) is 4. The molecule has 0 atom stereocenters. The number of nitrogens with one attached hydrogen (secondary N) is 2. The first kappa shape index (κ1) is 21.0. The average Bonchev–Trinajstić information content (AvgIpc) is 3.28. The standard InChI is InChI=1S/C24H22N6O2S/c31-33(32,22-12-5-8-18-7-1-2-9-19(18)22)28-15-6-14-25-24-26-16-13-23(29-24)30-17-27-20-10-3-4-11-21(20)30/h1-5,7-13,16-17,28H,6,14-15H2,(H,25,26,29). The molecule has 5 rings (SSSR count). The fourth-order valence-corrected chi connectivity index (χ4v) is 5.01. The summed E-state index contributed by atoms with van der Waals surface area (Å²) in [5.74, 6) is 1.18. The van der Waals surface area contributed by atoms with Gasteiger partial charge >= 0.3 is 0 Å². The van der Waals surface area contributed by atoms with Crippen LogP contribution in [0.2, 0.25) is 0 Å². The summed E-state index contributed by atoms with van der Waals surface area (Å²) in [5, 5.41) is 4.76. The zero-order chi connectivity index (χ0) is 22.7. The number of para-hydroxylation sites is 2. The molecule has 0 aliphatic carbocycles. The maximum Gasteiger partial charge on any atom is 0.241 e. The molecular formula is C24H22N6O2S. The second-order valence-electron chi connectivity index (χ2n) is 7.50. The van der Waals surface area contributed by atoms with E-state index in [1.54, 1.807) is 24.7 Å². The van der Waals surface area contributed by atoms with Gasteiger partial charge in [-0.25, -0.2) is 23.1 Å². The van der Waals surface area contributed by atoms with Gasteiger partial charge in [0.25, 0.3) is 0 Å². The molecule has 2 heterocycles. The lowest BCUT2D eigenvalue weighted by atomic mass is 10.1. The lowest BCUT2D eigenvalue weighted by Crippen LogP contribution is -2.26. The van der Waals surface area contributed by atoms with Crippen LogP contribution in [-0.4, -0.2) is 41.0 Å². The molecule has 8 nitrogen and oxygen atoms in total. The van der Waals surface area contributed by atoms with E-state index in [9.17, 15) is 8.42 Å². The normalized spacial score (nSPS) is 11.8. The van der Waals surface area contributed by atoms with E-state index < -0.39 is 10.0 Å². The number of rotatable bonds is 8. The third-order valence-corrected chi connectivity index (χ3v) is 6.83. The highest BCUT2D eigenvalue weighted by Gasteiger charge is 2.16. The van der Waals surface area contributed by atoms with Crippen molar-refractivity contribution in [3.8, 4) is 5.82 Å². The molecule has 2 N–H and O–H groups in total. The summed E-state index contributed by atoms with van der Waals surface area (Å²) in [6, 6.07) is 22.4. The van der Waals surface area contributed by atoms with Crippen LogP contribution in [0.1, 0.15) is 6.42 Å². The number of hydrogen-bond acceptors (Lipinski definition) is 6. The van der Waals surface area contributed by atoms with Crippen molar-refractivity contribution in [2.45, 2.75) is 11.3 Å². The Morgan fingerprint density at radius 2 is 1.67 bits per heavy atom. The molecule has 2 aromatic heterocycles. The van der Waals surface area contributed by atoms with Crippen LogP contribution in [0.25, 0.3) is 27.6 Å². The van der Waals surface area contributed by atoms with Crippen molar-refractivity contribution in [1.82, 2.24) is 24.2 Å². The van der Waals surface area contributed by atoms with Crippen LogP contribution in [0.3, 0.4) is 0 Å². The molecule has 0 unspecified atom stereocenters. The zero-order valence-electron chi connectivity index (χ0n) is 17.7. The van der Waals surface area contributed by atoms with Gasteiger partial charge in [-0.1, -0.05) is 48.5 Å². The van der Waals surface area contributed by atoms with Gasteiger partial charge in [-0.3, -0.25) is 4.57 Å². The van der Waals surface area contributed by atoms with Crippen LogP contribution in [0.4, 0.5) is 5.95 Å². The van der Waals surface area contributed by atoms with Gasteiger partial charge in [-0.2, -0.15) is 4.98 Å². The second-order valence-corrected chi connectivity index (χ2v) is 9.23. The topological polar surface area (TPSA) is 102 Å². The van der Waals surface area contributed by atoms with E-state index in [4.69, 9.17) is 0 Å². The number of benzene rings is 3. The number of hydrogen-bond donors (Lipinski definition) is 2. The van der Waals surface area contributed by atoms with Crippen molar-refractivity contribution >= 4 is 37.8 Å². The Hall–Kier alpha value is -3.82. The van der Waals surface area contributed by atoms with Crippen LogP contribution in [-0.2, 0) is 10.0 Å². The maximum absolute atomic E-state index is 12.8. The summed E-state index contributed by atoms with van der Waals surface area (Å²) >= 11 is 0. The van der Waals surface area contributed by atoms with Crippen LogP contribution in [0.15, 0.2) is 90.2 Å². The number of aromatic nitrogens is 4. The fourth-order valence-electron chi connectivity index (χ4n) is 3.71. The minimum atomic E-state index is -3.61. The molecule has 9 heteroatoms. The van der Waals surface area contributed by atoms with E-state index in [1.807, 2.05) is 65.2 Å². The number of fused-ring (bicyclic) bond motifs is 2. The van der Waals surface area contributed by atoms with Gasteiger partial charge in [0.15, 0.2) is 0 Å². The monoisotopic (exact) mass is 458 g/mol. The fraction of sp³-hybridized carbons (Fsp3) is 0.125. The smallest absolute Gasteiger partial charge is 0.241 e. The zero-order valence-corrected chi connectivity index (χ0v) is 18.5. The molecule has 0 aliphatic heterocycles. The van der Waals surface area contributed by atoms with E-state index in [1.165, 1.54) is 0 Å². The second kappa shape index (κ2) is 8.97. The molecule has 0 saturated heterocycles. The average molecular weight is 459 g/mol. The first-order chi connectivity index (χ1) is 16.1. The van der Waals surface area contributed by atoms with Crippen molar-refractivity contribution in [3.63, 3.8) is 0 Å². The van der Waals surface area contributed by atoms with Crippen molar-refractivity contribution in [2.75, 3.05) is 18.4 Å². The molecule has 33 heavy (non-hydrogen) atoms. The third kappa shape index (κ3) is 4.41. The summed E-state index contributed by atoms with van der Waals surface area (Å²) in [4.78, 5) is 13.5. The quantitative estimate of drug-likeness (QED) is 0.344. The van der Waals surface area contributed by atoms with E-state index in [0.717, 1.165) is 16.4 Å². The van der Waals surface area contributed by atoms with Gasteiger partial charge < -0.3 is 5.32 Å². The molecule has 5 aromatic rings. The Balaban J connectivity index is 1.20. The van der Waals surface area contributed by atoms with E-state index in [-0.39, 0.29) is 4.90 Å². The van der Waals surface area contributed by atoms with Gasteiger partial charge in [0, 0.05) is 24.7 Å². The molecule has 0 fully saturated rings. The summed E-state index contributed by atoms with van der Waals surface area (Å²) in [6.07, 6.45) is 3.99. The van der Waals surface area contributed by atoms with E-state index >= 15 is 0 Å². The molecule has 166 valence electrons. The minimum absolute atomic E-state index is 0.289. The Bertz CT molecular complexity index is 1530. The summed E-state index contributed by atoms with van der Waals surface area (Å²) < 4.78 is 30.2. The van der Waals surface area contributed by atoms with Gasteiger partial charge in [-0.05, 0) is 36.1 Å². The van der Waals surface area contributed by atoms with Gasteiger partial charge in [0.2, 0.25) is 16.0 Å². The predicted octanol–water partition coefficient (Wildman–Crippen LogP) is 3.75. The summed E-state index contributed by atoms with van der Waals surface area (Å²) in [7, 11) is -3.61. The van der Waals surface area contributed by atoms with Crippen molar-refractivity contribution in [2.24, 2.45) is 0 Å². The maximum atomic E-state index is 12.8. The molecule has 0 saturated carbocycles. The molecule has 0 spiro atoms. The van der Waals surface area contributed by atoms with Gasteiger partial charge in [0.1, 0.15) is 12.1 Å². The van der Waals surface area contributed by atoms with Crippen molar-refractivity contribution in [3.05, 3.63) is 85.3 Å². The van der Waals surface area contributed by atoms with Crippen molar-refractivity contribution < 1.29 is 8.42 Å². The number of anilines is 1. The lowest BCUT2D eigenvalue weighted by molar-refractivity contribution is 0.581. The largest absolute Gasteiger partial charge is 0.354 e. The third-order valence-electron chi connectivity index (χ3n) is 5.31. The molecular weight excluding hydrogens is 436 g/mol. The number of imidazole rings is 1. The predicted molar refractivity (Wildman–Crippen MR) is 129 cm³/mol. The Kier molecular flexibility index (Phi) is 5.72. The lowest BCUT2D eigenvalue weighted by Gasteiger charge is -2.10. The van der Waals surface area contributed by atoms with Crippen LogP contribution in [0, 0.1) is 0 Å². The van der Waals surface area contributed by atoms with Crippen LogP contribution in [0.5, 0.6) is 0 Å². The first-order valence-corrected chi connectivity index (χ1v) is 12.1. The number of sulfonamides is 1. The van der Waals surface area contributed by atoms with Gasteiger partial charge in [-0.15, -0.1) is 0 Å². The van der Waals surface area contributed by atoms with Crippen LogP contribution >= 0.6 is 0 Å². The molecule has 0 amide bonds. The Morgan fingerprint density at radius 3 is 2.61 bits per heavy atom. The molecule has 0 aliphatic rings. The van der Waals surface area contributed by atoms with E-state index in [2.05, 4.69) is 25.0 Å². The highest BCUT2D eigenvalue weighted by atomic mass is 32.2. The van der Waals surface area contributed by atoms with Crippen molar-refractivity contribution in [1.29, 1.82) is 0 Å². The highest BCUT2D eigenvalue weighted by molar-refractivity contribution is 7.89. The Labute approximate surface area is 191 Å². The molecule has 0 bridgehead atoms. The Morgan fingerprint density at radius 1 is 0.848 bits per heavy atom. The summed E-state index contributed by atoms with van der Waals surface area (Å²) in [5.41, 5.74) is 1.86. The highest BCUT2D eigenvalue weighted by Crippen LogP contribution is 2.22. The van der Waals surface area contributed by atoms with Gasteiger partial charge in [0.05, 0.1) is 15.9 Å². The van der Waals surface area contributed by atoms with Crippen LogP contribution < -0.4 is 10.0 Å². The SMILES string of the molecule is O=S(=O)(NCCCNc1nccc(-n2cnc3ccccc32)n1)c1cccc2ccccc12. The van der Waals surface area contributed by atoms with E-state index in [0.29, 0.717) is 36.7 Å². The molecule has 3 aromatic carbocycles. The first-order valence-electron chi connectivity index (χ1n) is 10.6. The molecule has 0 radical (unpaired) electrons.